The summed E-state index contributed by atoms with van der Waals surface area (Å²) < 4.78 is 25.8. The molecule has 0 saturated heterocycles. The first-order valence-corrected chi connectivity index (χ1v) is 4.22. The standard InChI is InChI=1S/C8H8BrF2N.ClH/c1-12-4-5-2-7(10)8(11)3-6(5)9;/h2-3,12H,4H2,1H3;1H. The van der Waals surface area contributed by atoms with Crippen LogP contribution in [0.1, 0.15) is 5.56 Å². The van der Waals surface area contributed by atoms with Gasteiger partial charge in [-0.25, -0.2) is 8.78 Å². The van der Waals surface area contributed by atoms with Gasteiger partial charge in [-0.15, -0.1) is 12.4 Å². The second-order valence-corrected chi connectivity index (χ2v) is 3.24. The molecule has 0 aliphatic carbocycles. The van der Waals surface area contributed by atoms with Crippen molar-refractivity contribution in [2.75, 3.05) is 7.05 Å². The van der Waals surface area contributed by atoms with Gasteiger partial charge in [-0.2, -0.15) is 0 Å². The van der Waals surface area contributed by atoms with E-state index in [1.807, 2.05) is 0 Å². The highest BCUT2D eigenvalue weighted by Gasteiger charge is 2.06. The summed E-state index contributed by atoms with van der Waals surface area (Å²) in [7, 11) is 1.74. The third kappa shape index (κ3) is 3.21. The Labute approximate surface area is 90.1 Å². The third-order valence-electron chi connectivity index (χ3n) is 1.46. The van der Waals surface area contributed by atoms with E-state index in [4.69, 9.17) is 0 Å². The zero-order valence-electron chi connectivity index (χ0n) is 6.90. The number of nitrogens with one attached hydrogen (secondary N) is 1. The summed E-state index contributed by atoms with van der Waals surface area (Å²) in [5.41, 5.74) is 0.705. The molecule has 0 atom stereocenters. The summed E-state index contributed by atoms with van der Waals surface area (Å²) in [6.45, 7) is 0.512. The Kier molecular flexibility index (Phi) is 5.44. The fourth-order valence-electron chi connectivity index (χ4n) is 0.890. The molecule has 1 N–H and O–H groups in total. The average molecular weight is 273 g/mol. The van der Waals surface area contributed by atoms with E-state index in [9.17, 15) is 8.78 Å². The highest BCUT2D eigenvalue weighted by Crippen LogP contribution is 2.20. The minimum atomic E-state index is -0.832. The van der Waals surface area contributed by atoms with Crippen LogP contribution in [0.3, 0.4) is 0 Å². The van der Waals surface area contributed by atoms with E-state index in [1.165, 1.54) is 6.07 Å². The highest BCUT2D eigenvalue weighted by molar-refractivity contribution is 9.10. The van der Waals surface area contributed by atoms with E-state index in [-0.39, 0.29) is 12.4 Å². The number of rotatable bonds is 2. The summed E-state index contributed by atoms with van der Waals surface area (Å²) in [4.78, 5) is 0. The van der Waals surface area contributed by atoms with Crippen molar-refractivity contribution < 1.29 is 8.78 Å². The molecule has 74 valence electrons. The van der Waals surface area contributed by atoms with Crippen LogP contribution in [0.5, 0.6) is 0 Å². The monoisotopic (exact) mass is 271 g/mol. The van der Waals surface area contributed by atoms with Crippen LogP contribution in [0.15, 0.2) is 16.6 Å². The number of benzene rings is 1. The molecule has 0 radical (unpaired) electrons. The second kappa shape index (κ2) is 5.52. The van der Waals surface area contributed by atoms with Crippen LogP contribution in [-0.4, -0.2) is 7.05 Å². The first kappa shape index (κ1) is 12.8. The van der Waals surface area contributed by atoms with Crippen LogP contribution in [0, 0.1) is 11.6 Å². The van der Waals surface area contributed by atoms with Crippen LogP contribution < -0.4 is 5.32 Å². The second-order valence-electron chi connectivity index (χ2n) is 2.39. The van der Waals surface area contributed by atoms with Crippen LogP contribution in [0.25, 0.3) is 0 Å². The van der Waals surface area contributed by atoms with Crippen molar-refractivity contribution in [2.24, 2.45) is 0 Å². The molecule has 0 bridgehead atoms. The Balaban J connectivity index is 0.00000144. The maximum Gasteiger partial charge on any atom is 0.159 e. The van der Waals surface area contributed by atoms with E-state index < -0.39 is 11.6 Å². The maximum atomic E-state index is 12.7. The van der Waals surface area contributed by atoms with Crippen molar-refractivity contribution in [3.8, 4) is 0 Å². The van der Waals surface area contributed by atoms with E-state index in [0.29, 0.717) is 16.6 Å². The fraction of sp³-hybridized carbons (Fsp3) is 0.250. The smallest absolute Gasteiger partial charge is 0.159 e. The molecule has 0 aliphatic heterocycles. The van der Waals surface area contributed by atoms with Crippen molar-refractivity contribution in [1.29, 1.82) is 0 Å². The molecule has 13 heavy (non-hydrogen) atoms. The molecule has 1 rings (SSSR count). The van der Waals surface area contributed by atoms with Crippen molar-refractivity contribution in [3.05, 3.63) is 33.8 Å². The Morgan fingerprint density at radius 3 is 2.38 bits per heavy atom. The lowest BCUT2D eigenvalue weighted by Gasteiger charge is -2.03. The van der Waals surface area contributed by atoms with E-state index in [1.54, 1.807) is 7.05 Å². The normalized spacial score (nSPS) is 9.54. The van der Waals surface area contributed by atoms with Crippen LogP contribution in [0.4, 0.5) is 8.78 Å². The predicted molar refractivity (Wildman–Crippen MR) is 54.1 cm³/mol. The SMILES string of the molecule is CNCc1cc(F)c(F)cc1Br.Cl. The summed E-state index contributed by atoms with van der Waals surface area (Å²) in [6, 6.07) is 2.30. The molecular formula is C8H9BrClF2N. The molecule has 1 aromatic rings. The Morgan fingerprint density at radius 1 is 1.31 bits per heavy atom. The third-order valence-corrected chi connectivity index (χ3v) is 2.19. The lowest BCUT2D eigenvalue weighted by Crippen LogP contribution is -2.06. The number of halogens is 4. The lowest BCUT2D eigenvalue weighted by atomic mass is 10.2. The minimum Gasteiger partial charge on any atom is -0.316 e. The van der Waals surface area contributed by atoms with Gasteiger partial charge in [0.05, 0.1) is 0 Å². The summed E-state index contributed by atoms with van der Waals surface area (Å²) in [5, 5.41) is 2.85. The van der Waals surface area contributed by atoms with Gasteiger partial charge in [-0.05, 0) is 24.7 Å². The van der Waals surface area contributed by atoms with E-state index in [0.717, 1.165) is 6.07 Å². The maximum absolute atomic E-state index is 12.7. The fourth-order valence-corrected chi connectivity index (χ4v) is 1.35. The molecule has 5 heteroatoms. The lowest BCUT2D eigenvalue weighted by molar-refractivity contribution is 0.505. The molecular weight excluding hydrogens is 263 g/mol. The molecule has 0 amide bonds. The first-order valence-electron chi connectivity index (χ1n) is 3.43. The van der Waals surface area contributed by atoms with Crippen molar-refractivity contribution in [2.45, 2.75) is 6.54 Å². The largest absolute Gasteiger partial charge is 0.316 e. The molecule has 0 fully saturated rings. The van der Waals surface area contributed by atoms with E-state index >= 15 is 0 Å². The average Bonchev–Trinajstić information content (AvgIpc) is 2.01. The number of hydrogen-bond acceptors (Lipinski definition) is 1. The van der Waals surface area contributed by atoms with Gasteiger partial charge >= 0.3 is 0 Å². The van der Waals surface area contributed by atoms with Crippen molar-refractivity contribution in [3.63, 3.8) is 0 Å². The van der Waals surface area contributed by atoms with Gasteiger partial charge in [0.15, 0.2) is 11.6 Å². The summed E-state index contributed by atoms with van der Waals surface area (Å²) >= 11 is 3.14. The zero-order valence-corrected chi connectivity index (χ0v) is 9.31. The summed E-state index contributed by atoms with van der Waals surface area (Å²) in [6.07, 6.45) is 0. The van der Waals surface area contributed by atoms with Crippen LogP contribution in [-0.2, 0) is 6.54 Å². The molecule has 1 nitrogen and oxygen atoms in total. The van der Waals surface area contributed by atoms with Crippen LogP contribution >= 0.6 is 28.3 Å². The highest BCUT2D eigenvalue weighted by atomic mass is 79.9. The van der Waals surface area contributed by atoms with Gasteiger partial charge in [0.25, 0.3) is 0 Å². The van der Waals surface area contributed by atoms with Crippen LogP contribution in [0.2, 0.25) is 0 Å². The van der Waals surface area contributed by atoms with Gasteiger partial charge in [0.2, 0.25) is 0 Å². The van der Waals surface area contributed by atoms with Gasteiger partial charge in [-0.3, -0.25) is 0 Å². The Hall–Kier alpha value is -0.190. The minimum absolute atomic E-state index is 0. The quantitative estimate of drug-likeness (QED) is 0.816. The first-order chi connectivity index (χ1) is 5.65. The van der Waals surface area contributed by atoms with E-state index in [2.05, 4.69) is 21.2 Å². The molecule has 0 heterocycles. The summed E-state index contributed by atoms with van der Waals surface area (Å²) in [5.74, 6) is -1.65. The zero-order chi connectivity index (χ0) is 9.14. The van der Waals surface area contributed by atoms with Gasteiger partial charge in [0, 0.05) is 11.0 Å². The Morgan fingerprint density at radius 2 is 1.85 bits per heavy atom. The molecule has 0 spiro atoms. The van der Waals surface area contributed by atoms with Crippen molar-refractivity contribution >= 4 is 28.3 Å². The molecule has 0 unspecified atom stereocenters. The van der Waals surface area contributed by atoms with Gasteiger partial charge in [0.1, 0.15) is 0 Å². The molecule has 1 aromatic carbocycles. The molecule has 0 aliphatic rings. The predicted octanol–water partition coefficient (Wildman–Crippen LogP) is 2.87. The topological polar surface area (TPSA) is 12.0 Å². The molecule has 0 saturated carbocycles. The Bertz CT molecular complexity index is 294. The number of hydrogen-bond donors (Lipinski definition) is 1. The van der Waals surface area contributed by atoms with Crippen molar-refractivity contribution in [1.82, 2.24) is 5.32 Å². The molecule has 0 aromatic heterocycles. The van der Waals surface area contributed by atoms with Gasteiger partial charge in [-0.1, -0.05) is 15.9 Å². The van der Waals surface area contributed by atoms with Gasteiger partial charge < -0.3 is 5.32 Å².